The van der Waals surface area contributed by atoms with Crippen molar-refractivity contribution in [1.29, 1.82) is 0 Å². The van der Waals surface area contributed by atoms with Gasteiger partial charge in [-0.05, 0) is 38.5 Å². The standard InChI is InChI=1S/C14H17ClFN/c1-14(2,3)8-4-5-13(17)10-6-7-12(16)11(15)9-10/h6-7,9,13H,5,17H2,1-3H3. The summed E-state index contributed by atoms with van der Waals surface area (Å²) in [5, 5.41) is 0.0988. The number of hydrogen-bond acceptors (Lipinski definition) is 1. The Labute approximate surface area is 107 Å². The molecule has 0 aliphatic carbocycles. The monoisotopic (exact) mass is 253 g/mol. The molecule has 1 nitrogen and oxygen atoms in total. The van der Waals surface area contributed by atoms with Crippen molar-refractivity contribution in [3.8, 4) is 11.8 Å². The molecule has 0 fully saturated rings. The van der Waals surface area contributed by atoms with E-state index >= 15 is 0 Å². The van der Waals surface area contributed by atoms with Crippen LogP contribution in [0.15, 0.2) is 18.2 Å². The van der Waals surface area contributed by atoms with E-state index in [0.29, 0.717) is 6.42 Å². The first-order chi connectivity index (χ1) is 7.79. The highest BCUT2D eigenvalue weighted by atomic mass is 35.5. The third-order valence-electron chi connectivity index (χ3n) is 2.16. The molecule has 1 aromatic carbocycles. The number of nitrogens with two attached hydrogens (primary N) is 1. The van der Waals surface area contributed by atoms with E-state index in [1.165, 1.54) is 6.07 Å². The molecule has 0 radical (unpaired) electrons. The highest BCUT2D eigenvalue weighted by Crippen LogP contribution is 2.21. The largest absolute Gasteiger partial charge is 0.323 e. The molecule has 0 bridgehead atoms. The van der Waals surface area contributed by atoms with Crippen LogP contribution in [0.1, 0.15) is 38.8 Å². The van der Waals surface area contributed by atoms with Crippen molar-refractivity contribution in [1.82, 2.24) is 0 Å². The molecule has 0 heterocycles. The van der Waals surface area contributed by atoms with Gasteiger partial charge in [0.1, 0.15) is 5.82 Å². The molecular formula is C14H17ClFN. The second-order valence-corrected chi connectivity index (χ2v) is 5.44. The van der Waals surface area contributed by atoms with Crippen molar-refractivity contribution in [2.75, 3.05) is 0 Å². The summed E-state index contributed by atoms with van der Waals surface area (Å²) in [6, 6.07) is 4.29. The van der Waals surface area contributed by atoms with Crippen LogP contribution in [0.5, 0.6) is 0 Å². The fraction of sp³-hybridized carbons (Fsp3) is 0.429. The van der Waals surface area contributed by atoms with Gasteiger partial charge < -0.3 is 5.73 Å². The van der Waals surface area contributed by atoms with Crippen LogP contribution in [0.2, 0.25) is 5.02 Å². The van der Waals surface area contributed by atoms with Gasteiger partial charge in [0.2, 0.25) is 0 Å². The molecule has 1 atom stereocenters. The lowest BCUT2D eigenvalue weighted by Crippen LogP contribution is -2.10. The van der Waals surface area contributed by atoms with Crippen LogP contribution in [0.25, 0.3) is 0 Å². The first kappa shape index (κ1) is 14.0. The fourth-order valence-electron chi connectivity index (χ4n) is 1.29. The van der Waals surface area contributed by atoms with Gasteiger partial charge in [0.25, 0.3) is 0 Å². The van der Waals surface area contributed by atoms with Gasteiger partial charge in [-0.25, -0.2) is 4.39 Å². The van der Waals surface area contributed by atoms with Crippen LogP contribution < -0.4 is 5.73 Å². The maximum absolute atomic E-state index is 13.0. The highest BCUT2D eigenvalue weighted by molar-refractivity contribution is 6.30. The Bertz CT molecular complexity index is 452. The Balaban J connectivity index is 2.73. The summed E-state index contributed by atoms with van der Waals surface area (Å²) in [5.74, 6) is 5.73. The summed E-state index contributed by atoms with van der Waals surface area (Å²) in [4.78, 5) is 0. The molecule has 0 saturated heterocycles. The average molecular weight is 254 g/mol. The van der Waals surface area contributed by atoms with Gasteiger partial charge in [0.15, 0.2) is 0 Å². The summed E-state index contributed by atoms with van der Waals surface area (Å²) in [6.07, 6.45) is 0.541. The van der Waals surface area contributed by atoms with Crippen molar-refractivity contribution in [2.24, 2.45) is 11.1 Å². The van der Waals surface area contributed by atoms with E-state index in [1.54, 1.807) is 12.1 Å². The van der Waals surface area contributed by atoms with Gasteiger partial charge in [-0.2, -0.15) is 0 Å². The van der Waals surface area contributed by atoms with Crippen molar-refractivity contribution in [2.45, 2.75) is 33.2 Å². The molecule has 0 aliphatic heterocycles. The van der Waals surface area contributed by atoms with Crippen LogP contribution in [0, 0.1) is 23.1 Å². The molecule has 0 aliphatic rings. The lowest BCUT2D eigenvalue weighted by Gasteiger charge is -2.10. The zero-order chi connectivity index (χ0) is 13.1. The zero-order valence-corrected chi connectivity index (χ0v) is 11.1. The Kier molecular flexibility index (Phi) is 4.56. The molecule has 17 heavy (non-hydrogen) atoms. The second-order valence-electron chi connectivity index (χ2n) is 5.04. The number of halogens is 2. The minimum Gasteiger partial charge on any atom is -0.323 e. The van der Waals surface area contributed by atoms with Crippen LogP contribution >= 0.6 is 11.6 Å². The van der Waals surface area contributed by atoms with Gasteiger partial charge in [-0.15, -0.1) is 5.92 Å². The molecule has 0 amide bonds. The molecule has 92 valence electrons. The second kappa shape index (κ2) is 5.53. The molecule has 0 aromatic heterocycles. The van der Waals surface area contributed by atoms with Crippen molar-refractivity contribution in [3.63, 3.8) is 0 Å². The number of hydrogen-bond donors (Lipinski definition) is 1. The Morgan fingerprint density at radius 1 is 1.41 bits per heavy atom. The van der Waals surface area contributed by atoms with E-state index in [2.05, 4.69) is 11.8 Å². The van der Waals surface area contributed by atoms with E-state index in [9.17, 15) is 4.39 Å². The first-order valence-corrected chi connectivity index (χ1v) is 5.88. The fourth-order valence-corrected chi connectivity index (χ4v) is 1.48. The average Bonchev–Trinajstić information content (AvgIpc) is 2.20. The van der Waals surface area contributed by atoms with Gasteiger partial charge >= 0.3 is 0 Å². The molecule has 0 saturated carbocycles. The Hall–Kier alpha value is -1.04. The summed E-state index contributed by atoms with van der Waals surface area (Å²) >= 11 is 5.70. The molecule has 3 heteroatoms. The molecule has 1 unspecified atom stereocenters. The highest BCUT2D eigenvalue weighted by Gasteiger charge is 2.08. The predicted molar refractivity (Wildman–Crippen MR) is 70.2 cm³/mol. The lowest BCUT2D eigenvalue weighted by atomic mass is 9.97. The quantitative estimate of drug-likeness (QED) is 0.795. The third kappa shape index (κ3) is 4.77. The minimum absolute atomic E-state index is 0.0276. The minimum atomic E-state index is -0.427. The summed E-state index contributed by atoms with van der Waals surface area (Å²) in [6.45, 7) is 6.13. The van der Waals surface area contributed by atoms with Crippen LogP contribution in [-0.4, -0.2) is 0 Å². The maximum Gasteiger partial charge on any atom is 0.141 e. The van der Waals surface area contributed by atoms with Gasteiger partial charge in [-0.1, -0.05) is 23.6 Å². The molecule has 1 rings (SSSR count). The Morgan fingerprint density at radius 2 is 2.06 bits per heavy atom. The van der Waals surface area contributed by atoms with E-state index in [0.717, 1.165) is 5.56 Å². The van der Waals surface area contributed by atoms with Crippen LogP contribution in [-0.2, 0) is 0 Å². The molecule has 1 aromatic rings. The summed E-state index contributed by atoms with van der Waals surface area (Å²) in [7, 11) is 0. The predicted octanol–water partition coefficient (Wildman–Crippen LogP) is 3.92. The lowest BCUT2D eigenvalue weighted by molar-refractivity contribution is 0.569. The van der Waals surface area contributed by atoms with E-state index in [4.69, 9.17) is 17.3 Å². The smallest absolute Gasteiger partial charge is 0.141 e. The SMILES string of the molecule is CC(C)(C)C#CCC(N)c1ccc(F)c(Cl)c1. The van der Waals surface area contributed by atoms with Crippen molar-refractivity contribution in [3.05, 3.63) is 34.6 Å². The number of rotatable bonds is 2. The van der Waals surface area contributed by atoms with Crippen molar-refractivity contribution < 1.29 is 4.39 Å². The molecule has 0 spiro atoms. The van der Waals surface area contributed by atoms with Gasteiger partial charge in [0, 0.05) is 17.9 Å². The third-order valence-corrected chi connectivity index (χ3v) is 2.45. The topological polar surface area (TPSA) is 26.0 Å². The summed E-state index contributed by atoms with van der Waals surface area (Å²) in [5.41, 5.74) is 6.74. The molecule has 2 N–H and O–H groups in total. The van der Waals surface area contributed by atoms with Crippen LogP contribution in [0.3, 0.4) is 0 Å². The van der Waals surface area contributed by atoms with E-state index in [-0.39, 0.29) is 16.5 Å². The van der Waals surface area contributed by atoms with E-state index in [1.807, 2.05) is 20.8 Å². The van der Waals surface area contributed by atoms with Gasteiger partial charge in [-0.3, -0.25) is 0 Å². The Morgan fingerprint density at radius 3 is 2.59 bits per heavy atom. The first-order valence-electron chi connectivity index (χ1n) is 5.50. The van der Waals surface area contributed by atoms with E-state index < -0.39 is 5.82 Å². The number of benzene rings is 1. The summed E-state index contributed by atoms with van der Waals surface area (Å²) < 4.78 is 13.0. The van der Waals surface area contributed by atoms with Crippen LogP contribution in [0.4, 0.5) is 4.39 Å². The normalized spacial score (nSPS) is 12.8. The van der Waals surface area contributed by atoms with Crippen molar-refractivity contribution >= 4 is 11.6 Å². The molecular weight excluding hydrogens is 237 g/mol. The zero-order valence-electron chi connectivity index (χ0n) is 10.3. The van der Waals surface area contributed by atoms with Gasteiger partial charge in [0.05, 0.1) is 5.02 Å². The maximum atomic E-state index is 13.0.